The molecule has 0 aromatic rings. The van der Waals surface area contributed by atoms with E-state index in [-0.39, 0.29) is 0 Å². The third-order valence-corrected chi connectivity index (χ3v) is 2.10. The molecule has 1 aliphatic rings. The Hall–Kier alpha value is -2.05. The highest BCUT2D eigenvalue weighted by Crippen LogP contribution is 2.09. The van der Waals surface area contributed by atoms with Gasteiger partial charge in [-0.05, 0) is 12.0 Å². The molecule has 1 heterocycles. The second-order valence-corrected chi connectivity index (χ2v) is 3.43. The lowest BCUT2D eigenvalue weighted by molar-refractivity contribution is -0.121. The van der Waals surface area contributed by atoms with Gasteiger partial charge >= 0.3 is 6.09 Å². The second-order valence-electron chi connectivity index (χ2n) is 3.43. The van der Waals surface area contributed by atoms with E-state index in [1.165, 1.54) is 18.2 Å². The van der Waals surface area contributed by atoms with E-state index in [0.29, 0.717) is 19.5 Å². The summed E-state index contributed by atoms with van der Waals surface area (Å²) < 4.78 is 4.71. The van der Waals surface area contributed by atoms with Gasteiger partial charge in [-0.25, -0.2) is 4.79 Å². The molecule has 0 saturated heterocycles. The average Bonchev–Trinajstić information content (AvgIpc) is 2.33. The quantitative estimate of drug-likeness (QED) is 0.548. The molecule has 0 atom stereocenters. The van der Waals surface area contributed by atoms with Crippen molar-refractivity contribution < 1.29 is 19.2 Å². The third-order valence-electron chi connectivity index (χ3n) is 2.10. The van der Waals surface area contributed by atoms with E-state index < -0.39 is 18.6 Å². The number of carbonyl (C=O) groups excluding carboxylic acids is 2. The van der Waals surface area contributed by atoms with Crippen molar-refractivity contribution in [3.8, 4) is 0 Å². The molecule has 1 aliphatic heterocycles. The summed E-state index contributed by atoms with van der Waals surface area (Å²) in [5.41, 5.74) is 5.74. The summed E-state index contributed by atoms with van der Waals surface area (Å²) in [5.74, 6) is -0.674. The van der Waals surface area contributed by atoms with E-state index >= 15 is 0 Å². The molecule has 94 valence electrons. The van der Waals surface area contributed by atoms with Crippen LogP contribution in [0.2, 0.25) is 0 Å². The summed E-state index contributed by atoms with van der Waals surface area (Å²) in [6.45, 7) is 0.521. The summed E-state index contributed by atoms with van der Waals surface area (Å²) in [4.78, 5) is 28.0. The highest BCUT2D eigenvalue weighted by atomic mass is 16.6. The van der Waals surface area contributed by atoms with E-state index in [4.69, 9.17) is 10.5 Å². The number of nitrogens with two attached hydrogens (primary N) is 1. The smallest absolute Gasteiger partial charge is 0.410 e. The summed E-state index contributed by atoms with van der Waals surface area (Å²) >= 11 is 0. The van der Waals surface area contributed by atoms with Gasteiger partial charge in [0, 0.05) is 6.54 Å². The maximum absolute atomic E-state index is 11.5. The normalized spacial score (nSPS) is 15.6. The van der Waals surface area contributed by atoms with Gasteiger partial charge in [-0.2, -0.15) is 0 Å². The Morgan fingerprint density at radius 3 is 3.06 bits per heavy atom. The molecule has 2 N–H and O–H groups in total. The first-order chi connectivity index (χ1) is 8.13. The van der Waals surface area contributed by atoms with E-state index in [1.54, 1.807) is 0 Å². The summed E-state index contributed by atoms with van der Waals surface area (Å²) in [6.07, 6.45) is 3.64. The molecule has 2 amide bonds. The third kappa shape index (κ3) is 4.54. The van der Waals surface area contributed by atoms with Crippen LogP contribution in [0.25, 0.3) is 0 Å². The first-order valence-corrected chi connectivity index (χ1v) is 5.09. The Morgan fingerprint density at radius 1 is 1.65 bits per heavy atom. The fourth-order valence-electron chi connectivity index (χ4n) is 1.36. The molecule has 0 aromatic carbocycles. The second kappa shape index (κ2) is 6.51. The zero-order chi connectivity index (χ0) is 12.7. The number of ether oxygens (including phenoxy) is 1. The number of oxime groups is 1. The van der Waals surface area contributed by atoms with Crippen molar-refractivity contribution in [1.82, 2.24) is 4.90 Å². The fourth-order valence-corrected chi connectivity index (χ4v) is 1.36. The van der Waals surface area contributed by atoms with Gasteiger partial charge in [0.2, 0.25) is 0 Å². The number of hydrogen-bond acceptors (Lipinski definition) is 5. The minimum atomic E-state index is -0.674. The first kappa shape index (κ1) is 13.0. The highest BCUT2D eigenvalue weighted by Gasteiger charge is 2.19. The monoisotopic (exact) mass is 241 g/mol. The Kier molecular flexibility index (Phi) is 4.99. The SMILES string of the molecule is CON=CC1=CCCN(C(=O)OCC(N)=O)C1. The highest BCUT2D eigenvalue weighted by molar-refractivity contribution is 5.82. The van der Waals surface area contributed by atoms with Crippen LogP contribution in [-0.2, 0) is 14.4 Å². The van der Waals surface area contributed by atoms with Crippen LogP contribution in [0, 0.1) is 0 Å². The zero-order valence-corrected chi connectivity index (χ0v) is 9.59. The minimum absolute atomic E-state index is 0.379. The zero-order valence-electron chi connectivity index (χ0n) is 9.59. The lowest BCUT2D eigenvalue weighted by Gasteiger charge is -2.24. The number of rotatable bonds is 4. The van der Waals surface area contributed by atoms with E-state index in [9.17, 15) is 9.59 Å². The van der Waals surface area contributed by atoms with Crippen LogP contribution >= 0.6 is 0 Å². The molecule has 0 unspecified atom stereocenters. The Balaban J connectivity index is 2.46. The Morgan fingerprint density at radius 2 is 2.41 bits per heavy atom. The largest absolute Gasteiger partial charge is 0.439 e. The maximum atomic E-state index is 11.5. The number of carbonyl (C=O) groups is 2. The van der Waals surface area contributed by atoms with Crippen LogP contribution in [0.15, 0.2) is 16.8 Å². The predicted molar refractivity (Wildman–Crippen MR) is 60.3 cm³/mol. The molecule has 0 saturated carbocycles. The molecule has 7 nitrogen and oxygen atoms in total. The van der Waals surface area contributed by atoms with Crippen LogP contribution in [0.1, 0.15) is 6.42 Å². The fraction of sp³-hybridized carbons (Fsp3) is 0.500. The molecule has 0 aromatic heterocycles. The molecule has 17 heavy (non-hydrogen) atoms. The van der Waals surface area contributed by atoms with Crippen LogP contribution in [-0.4, -0.2) is 49.9 Å². The molecule has 0 fully saturated rings. The van der Waals surface area contributed by atoms with Crippen molar-refractivity contribution in [3.05, 3.63) is 11.6 Å². The lowest BCUT2D eigenvalue weighted by atomic mass is 10.1. The van der Waals surface area contributed by atoms with Gasteiger partial charge in [-0.15, -0.1) is 0 Å². The van der Waals surface area contributed by atoms with Crippen molar-refractivity contribution in [3.63, 3.8) is 0 Å². The molecule has 0 radical (unpaired) electrons. The Bertz CT molecular complexity index is 351. The van der Waals surface area contributed by atoms with Crippen LogP contribution in [0.5, 0.6) is 0 Å². The van der Waals surface area contributed by atoms with Gasteiger partial charge in [0.05, 0.1) is 12.8 Å². The van der Waals surface area contributed by atoms with Gasteiger partial charge in [-0.3, -0.25) is 4.79 Å². The van der Waals surface area contributed by atoms with E-state index in [0.717, 1.165) is 5.57 Å². The van der Waals surface area contributed by atoms with Gasteiger partial charge in [0.15, 0.2) is 6.61 Å². The standard InChI is InChI=1S/C10H15N3O4/c1-16-12-5-8-3-2-4-13(6-8)10(15)17-7-9(11)14/h3,5H,2,4,6-7H2,1H3,(H2,11,14). The average molecular weight is 241 g/mol. The van der Waals surface area contributed by atoms with Crippen molar-refractivity contribution in [2.24, 2.45) is 10.9 Å². The van der Waals surface area contributed by atoms with Crippen molar-refractivity contribution in [2.45, 2.75) is 6.42 Å². The predicted octanol–water partition coefficient (Wildman–Crippen LogP) is -0.127. The van der Waals surface area contributed by atoms with Crippen LogP contribution in [0.3, 0.4) is 0 Å². The van der Waals surface area contributed by atoms with Crippen LogP contribution < -0.4 is 5.73 Å². The maximum Gasteiger partial charge on any atom is 0.410 e. The molecule has 1 rings (SSSR count). The minimum Gasteiger partial charge on any atom is -0.439 e. The van der Waals surface area contributed by atoms with E-state index in [1.807, 2.05) is 6.08 Å². The van der Waals surface area contributed by atoms with Crippen LogP contribution in [0.4, 0.5) is 4.79 Å². The van der Waals surface area contributed by atoms with E-state index in [2.05, 4.69) is 9.99 Å². The van der Waals surface area contributed by atoms with Gasteiger partial charge < -0.3 is 20.2 Å². The molecule has 0 bridgehead atoms. The molecule has 0 spiro atoms. The van der Waals surface area contributed by atoms with Gasteiger partial charge in [0.1, 0.15) is 7.11 Å². The van der Waals surface area contributed by atoms with Crippen molar-refractivity contribution in [1.29, 1.82) is 0 Å². The molecule has 7 heteroatoms. The van der Waals surface area contributed by atoms with Gasteiger partial charge in [-0.1, -0.05) is 11.2 Å². The summed E-state index contributed by atoms with van der Waals surface area (Å²) in [5, 5.41) is 3.62. The Labute approximate surface area is 98.8 Å². The number of amides is 2. The number of nitrogens with zero attached hydrogens (tertiary/aromatic N) is 2. The number of primary amides is 1. The molecular formula is C10H15N3O4. The molecule has 0 aliphatic carbocycles. The topological polar surface area (TPSA) is 94.2 Å². The van der Waals surface area contributed by atoms with Crippen molar-refractivity contribution in [2.75, 3.05) is 26.8 Å². The van der Waals surface area contributed by atoms with Gasteiger partial charge in [0.25, 0.3) is 5.91 Å². The molecular weight excluding hydrogens is 226 g/mol. The van der Waals surface area contributed by atoms with Crippen molar-refractivity contribution >= 4 is 18.2 Å². The first-order valence-electron chi connectivity index (χ1n) is 5.09. The summed E-state index contributed by atoms with van der Waals surface area (Å²) in [6, 6.07) is 0. The summed E-state index contributed by atoms with van der Waals surface area (Å²) in [7, 11) is 1.44. The number of hydrogen-bond donors (Lipinski definition) is 1. The lowest BCUT2D eigenvalue weighted by Crippen LogP contribution is -2.38.